The molecule has 6 nitrogen and oxygen atoms in total. The number of benzene rings is 2. The molecular formula is C17H14ClFN2O4. The molecule has 0 atom stereocenters. The molecule has 0 bridgehead atoms. The maximum absolute atomic E-state index is 13.5. The van der Waals surface area contributed by atoms with Gasteiger partial charge in [-0.3, -0.25) is 9.59 Å². The van der Waals surface area contributed by atoms with Gasteiger partial charge in [-0.1, -0.05) is 11.6 Å². The highest BCUT2D eigenvalue weighted by Crippen LogP contribution is 2.19. The smallest absolute Gasteiger partial charge is 0.338 e. The number of esters is 1. The Morgan fingerprint density at radius 3 is 2.40 bits per heavy atom. The first-order valence-corrected chi connectivity index (χ1v) is 7.52. The molecule has 8 heteroatoms. The minimum Gasteiger partial charge on any atom is -0.452 e. The molecule has 0 saturated carbocycles. The van der Waals surface area contributed by atoms with Crippen LogP contribution in [-0.2, 0) is 14.3 Å². The topological polar surface area (TPSA) is 84.5 Å². The zero-order chi connectivity index (χ0) is 18.4. The highest BCUT2D eigenvalue weighted by atomic mass is 35.5. The Bertz CT molecular complexity index is 809. The first-order valence-electron chi connectivity index (χ1n) is 7.15. The van der Waals surface area contributed by atoms with Gasteiger partial charge in [0.05, 0.1) is 11.3 Å². The van der Waals surface area contributed by atoms with E-state index in [1.165, 1.54) is 43.3 Å². The van der Waals surface area contributed by atoms with Gasteiger partial charge < -0.3 is 15.4 Å². The van der Waals surface area contributed by atoms with Gasteiger partial charge in [-0.25, -0.2) is 9.18 Å². The van der Waals surface area contributed by atoms with Gasteiger partial charge in [-0.15, -0.1) is 0 Å². The summed E-state index contributed by atoms with van der Waals surface area (Å²) < 4.78 is 18.4. The van der Waals surface area contributed by atoms with Crippen molar-refractivity contribution in [1.29, 1.82) is 0 Å². The van der Waals surface area contributed by atoms with Crippen molar-refractivity contribution in [1.82, 2.24) is 0 Å². The van der Waals surface area contributed by atoms with E-state index in [4.69, 9.17) is 16.3 Å². The van der Waals surface area contributed by atoms with Crippen molar-refractivity contribution in [2.75, 3.05) is 17.2 Å². The van der Waals surface area contributed by atoms with Crippen molar-refractivity contribution in [2.24, 2.45) is 0 Å². The molecule has 130 valence electrons. The standard InChI is InChI=1S/C17H14ClFN2O4/c1-10(22)20-13-5-2-11(3-6-13)17(24)25-9-16(23)21-15-8-12(18)4-7-14(15)19/h2-8H,9H2,1H3,(H,20,22)(H,21,23). The molecule has 0 saturated heterocycles. The van der Waals surface area contributed by atoms with E-state index < -0.39 is 24.3 Å². The minimum absolute atomic E-state index is 0.104. The summed E-state index contributed by atoms with van der Waals surface area (Å²) in [5.41, 5.74) is 0.627. The fourth-order valence-electron chi connectivity index (χ4n) is 1.89. The van der Waals surface area contributed by atoms with E-state index in [9.17, 15) is 18.8 Å². The van der Waals surface area contributed by atoms with E-state index in [2.05, 4.69) is 10.6 Å². The van der Waals surface area contributed by atoms with Crippen molar-refractivity contribution in [3.05, 3.63) is 58.9 Å². The summed E-state index contributed by atoms with van der Waals surface area (Å²) in [4.78, 5) is 34.5. The van der Waals surface area contributed by atoms with Crippen LogP contribution in [0.25, 0.3) is 0 Å². The van der Waals surface area contributed by atoms with Crippen LogP contribution in [0, 0.1) is 5.82 Å². The fourth-order valence-corrected chi connectivity index (χ4v) is 2.06. The van der Waals surface area contributed by atoms with Crippen LogP contribution >= 0.6 is 11.6 Å². The van der Waals surface area contributed by atoms with Gasteiger partial charge in [-0.2, -0.15) is 0 Å². The molecule has 25 heavy (non-hydrogen) atoms. The number of amides is 2. The predicted molar refractivity (Wildman–Crippen MR) is 91.1 cm³/mol. The zero-order valence-corrected chi connectivity index (χ0v) is 13.9. The maximum Gasteiger partial charge on any atom is 0.338 e. The lowest BCUT2D eigenvalue weighted by Crippen LogP contribution is -2.21. The Labute approximate surface area is 147 Å². The number of hydrogen-bond donors (Lipinski definition) is 2. The number of carbonyl (C=O) groups is 3. The van der Waals surface area contributed by atoms with Crippen LogP contribution in [0.2, 0.25) is 5.02 Å². The summed E-state index contributed by atoms with van der Waals surface area (Å²) >= 11 is 5.72. The number of hydrogen-bond acceptors (Lipinski definition) is 4. The Morgan fingerprint density at radius 1 is 1.08 bits per heavy atom. The summed E-state index contributed by atoms with van der Waals surface area (Å²) in [6.07, 6.45) is 0. The second kappa shape index (κ2) is 8.25. The van der Waals surface area contributed by atoms with Crippen molar-refractivity contribution in [3.8, 4) is 0 Å². The number of halogens is 2. The minimum atomic E-state index is -0.726. The zero-order valence-electron chi connectivity index (χ0n) is 13.1. The Hall–Kier alpha value is -2.93. The quantitative estimate of drug-likeness (QED) is 0.798. The number of anilines is 2. The third-order valence-corrected chi connectivity index (χ3v) is 3.21. The van der Waals surface area contributed by atoms with Crippen LogP contribution in [0.5, 0.6) is 0 Å². The average Bonchev–Trinajstić information content (AvgIpc) is 2.56. The molecule has 2 aromatic rings. The van der Waals surface area contributed by atoms with Crippen LogP contribution in [0.3, 0.4) is 0 Å². The lowest BCUT2D eigenvalue weighted by molar-refractivity contribution is -0.119. The number of nitrogens with one attached hydrogen (secondary N) is 2. The molecule has 0 heterocycles. The molecule has 0 spiro atoms. The Balaban J connectivity index is 1.89. The van der Waals surface area contributed by atoms with Crippen LogP contribution in [0.1, 0.15) is 17.3 Å². The second-order valence-electron chi connectivity index (χ2n) is 5.01. The lowest BCUT2D eigenvalue weighted by atomic mass is 10.2. The van der Waals surface area contributed by atoms with Gasteiger partial charge in [0, 0.05) is 17.6 Å². The fraction of sp³-hybridized carbons (Fsp3) is 0.118. The van der Waals surface area contributed by atoms with Crippen LogP contribution in [0.4, 0.5) is 15.8 Å². The molecule has 0 aliphatic rings. The molecule has 0 radical (unpaired) electrons. The molecule has 0 fully saturated rings. The van der Waals surface area contributed by atoms with Gasteiger partial charge in [0.1, 0.15) is 5.82 Å². The average molecular weight is 365 g/mol. The first-order chi connectivity index (χ1) is 11.8. The first kappa shape index (κ1) is 18.4. The van der Waals surface area contributed by atoms with Gasteiger partial charge >= 0.3 is 5.97 Å². The molecule has 2 amide bonds. The molecule has 0 aromatic heterocycles. The SMILES string of the molecule is CC(=O)Nc1ccc(C(=O)OCC(=O)Nc2cc(Cl)ccc2F)cc1. The van der Waals surface area contributed by atoms with Crippen molar-refractivity contribution >= 4 is 40.8 Å². The third-order valence-electron chi connectivity index (χ3n) is 2.98. The van der Waals surface area contributed by atoms with E-state index in [-0.39, 0.29) is 22.2 Å². The summed E-state index contributed by atoms with van der Waals surface area (Å²) in [5, 5.41) is 5.08. The van der Waals surface area contributed by atoms with E-state index in [0.717, 1.165) is 6.07 Å². The van der Waals surface area contributed by atoms with E-state index in [1.807, 2.05) is 0 Å². The number of carbonyl (C=O) groups excluding carboxylic acids is 3. The number of rotatable bonds is 5. The van der Waals surface area contributed by atoms with Crippen LogP contribution in [-0.4, -0.2) is 24.4 Å². The van der Waals surface area contributed by atoms with Crippen molar-refractivity contribution in [3.63, 3.8) is 0 Å². The van der Waals surface area contributed by atoms with Crippen molar-refractivity contribution < 1.29 is 23.5 Å². The second-order valence-corrected chi connectivity index (χ2v) is 5.44. The molecule has 2 aromatic carbocycles. The normalized spacial score (nSPS) is 10.0. The highest BCUT2D eigenvalue weighted by Gasteiger charge is 2.12. The highest BCUT2D eigenvalue weighted by molar-refractivity contribution is 6.30. The molecule has 0 aliphatic carbocycles. The Morgan fingerprint density at radius 2 is 1.76 bits per heavy atom. The van der Waals surface area contributed by atoms with Crippen LogP contribution < -0.4 is 10.6 Å². The molecule has 2 rings (SSSR count). The summed E-state index contributed by atoms with van der Waals surface area (Å²) in [6, 6.07) is 9.65. The summed E-state index contributed by atoms with van der Waals surface area (Å²) in [7, 11) is 0. The molecular weight excluding hydrogens is 351 g/mol. The lowest BCUT2D eigenvalue weighted by Gasteiger charge is -2.08. The third kappa shape index (κ3) is 5.58. The predicted octanol–water partition coefficient (Wildman–Crippen LogP) is 3.23. The van der Waals surface area contributed by atoms with Gasteiger partial charge in [-0.05, 0) is 42.5 Å². The monoisotopic (exact) mass is 364 g/mol. The number of ether oxygens (including phenoxy) is 1. The van der Waals surface area contributed by atoms with E-state index in [0.29, 0.717) is 5.69 Å². The van der Waals surface area contributed by atoms with E-state index >= 15 is 0 Å². The molecule has 0 aliphatic heterocycles. The summed E-state index contributed by atoms with van der Waals surface area (Å²) in [6.45, 7) is 0.780. The van der Waals surface area contributed by atoms with Gasteiger partial charge in [0.2, 0.25) is 5.91 Å². The van der Waals surface area contributed by atoms with E-state index in [1.54, 1.807) is 0 Å². The Kier molecular flexibility index (Phi) is 6.08. The van der Waals surface area contributed by atoms with Crippen LogP contribution in [0.15, 0.2) is 42.5 Å². The molecule has 0 unspecified atom stereocenters. The van der Waals surface area contributed by atoms with Crippen molar-refractivity contribution in [2.45, 2.75) is 6.92 Å². The molecule has 2 N–H and O–H groups in total. The summed E-state index contributed by atoms with van der Waals surface area (Å²) in [5.74, 6) is -2.32. The van der Waals surface area contributed by atoms with Gasteiger partial charge in [0.25, 0.3) is 5.91 Å². The van der Waals surface area contributed by atoms with Gasteiger partial charge in [0.15, 0.2) is 6.61 Å². The largest absolute Gasteiger partial charge is 0.452 e. The maximum atomic E-state index is 13.5.